The van der Waals surface area contributed by atoms with E-state index in [-0.39, 0.29) is 5.30 Å². The van der Waals surface area contributed by atoms with Crippen molar-refractivity contribution in [2.24, 2.45) is 0 Å². The van der Waals surface area contributed by atoms with E-state index in [1.54, 1.807) is 7.05 Å². The maximum absolute atomic E-state index is 10.1. The van der Waals surface area contributed by atoms with Gasteiger partial charge in [0.2, 0.25) is 0 Å². The SMILES string of the molecule is CNSC(=O)OC. The number of nitrogens with one attached hydrogen (secondary N) is 1. The van der Waals surface area contributed by atoms with Crippen LogP contribution in [0.3, 0.4) is 0 Å². The van der Waals surface area contributed by atoms with E-state index in [4.69, 9.17) is 0 Å². The van der Waals surface area contributed by atoms with Crippen molar-refractivity contribution >= 4 is 17.2 Å². The maximum atomic E-state index is 10.1. The van der Waals surface area contributed by atoms with E-state index in [0.717, 1.165) is 11.9 Å². The van der Waals surface area contributed by atoms with Crippen LogP contribution in [0.2, 0.25) is 0 Å². The molecule has 0 aromatic heterocycles. The highest BCUT2D eigenvalue weighted by Crippen LogP contribution is 1.94. The van der Waals surface area contributed by atoms with Crippen molar-refractivity contribution in [1.29, 1.82) is 0 Å². The lowest BCUT2D eigenvalue weighted by atomic mass is 11.5. The quantitative estimate of drug-likeness (QED) is 0.407. The Bertz CT molecular complexity index is 66.0. The number of carbonyl (C=O) groups is 1. The topological polar surface area (TPSA) is 38.3 Å². The molecular formula is C3H7NO2S. The summed E-state index contributed by atoms with van der Waals surface area (Å²) in [5, 5.41) is -0.317. The van der Waals surface area contributed by atoms with Gasteiger partial charge in [0.05, 0.1) is 7.11 Å². The molecule has 0 spiro atoms. The van der Waals surface area contributed by atoms with Crippen molar-refractivity contribution in [1.82, 2.24) is 4.72 Å². The summed E-state index contributed by atoms with van der Waals surface area (Å²) in [6, 6.07) is 0. The molecule has 7 heavy (non-hydrogen) atoms. The lowest BCUT2D eigenvalue weighted by molar-refractivity contribution is 0.200. The smallest absolute Gasteiger partial charge is 0.382 e. The second-order valence-corrected chi connectivity index (χ2v) is 1.71. The number of ether oxygens (including phenoxy) is 1. The Morgan fingerprint density at radius 3 is 2.57 bits per heavy atom. The summed E-state index contributed by atoms with van der Waals surface area (Å²) in [6.07, 6.45) is 0. The third-order valence-electron chi connectivity index (χ3n) is 0.352. The van der Waals surface area contributed by atoms with Gasteiger partial charge in [-0.2, -0.15) is 0 Å². The molecule has 0 aromatic rings. The number of carbonyl (C=O) groups excluding carboxylic acids is 1. The van der Waals surface area contributed by atoms with Gasteiger partial charge in [0.15, 0.2) is 0 Å². The summed E-state index contributed by atoms with van der Waals surface area (Å²) in [5.41, 5.74) is 0. The summed E-state index contributed by atoms with van der Waals surface area (Å²) in [7, 11) is 2.99. The van der Waals surface area contributed by atoms with E-state index >= 15 is 0 Å². The van der Waals surface area contributed by atoms with Crippen LogP contribution in [0, 0.1) is 0 Å². The first-order valence-corrected chi connectivity index (χ1v) is 2.54. The van der Waals surface area contributed by atoms with E-state index in [1.807, 2.05) is 0 Å². The van der Waals surface area contributed by atoms with Crippen LogP contribution in [0.25, 0.3) is 0 Å². The van der Waals surface area contributed by atoms with Crippen LogP contribution in [-0.2, 0) is 4.74 Å². The minimum absolute atomic E-state index is 0.317. The van der Waals surface area contributed by atoms with Crippen molar-refractivity contribution in [3.05, 3.63) is 0 Å². The predicted octanol–water partition coefficient (Wildman–Crippen LogP) is 0.620. The molecule has 0 heterocycles. The molecule has 3 nitrogen and oxygen atoms in total. The van der Waals surface area contributed by atoms with Crippen molar-refractivity contribution in [2.45, 2.75) is 0 Å². The van der Waals surface area contributed by atoms with Crippen LogP contribution in [-0.4, -0.2) is 19.5 Å². The molecule has 42 valence electrons. The van der Waals surface area contributed by atoms with Gasteiger partial charge in [-0.3, -0.25) is 4.72 Å². The Morgan fingerprint density at radius 2 is 2.43 bits per heavy atom. The monoisotopic (exact) mass is 121 g/mol. The minimum Gasteiger partial charge on any atom is -0.460 e. The van der Waals surface area contributed by atoms with E-state index in [2.05, 4.69) is 9.46 Å². The van der Waals surface area contributed by atoms with Crippen molar-refractivity contribution in [3.8, 4) is 0 Å². The minimum atomic E-state index is -0.317. The fourth-order valence-corrected chi connectivity index (χ4v) is 0.375. The van der Waals surface area contributed by atoms with E-state index in [9.17, 15) is 4.79 Å². The van der Waals surface area contributed by atoms with Crippen LogP contribution in [0.15, 0.2) is 0 Å². The van der Waals surface area contributed by atoms with E-state index in [0.29, 0.717) is 0 Å². The van der Waals surface area contributed by atoms with Crippen LogP contribution < -0.4 is 4.72 Å². The van der Waals surface area contributed by atoms with Gasteiger partial charge in [0.1, 0.15) is 0 Å². The van der Waals surface area contributed by atoms with E-state index in [1.165, 1.54) is 7.11 Å². The standard InChI is InChI=1S/C3H7NO2S/c1-4-7-3(5)6-2/h4H,1-2H3. The molecule has 1 N–H and O–H groups in total. The van der Waals surface area contributed by atoms with E-state index < -0.39 is 0 Å². The van der Waals surface area contributed by atoms with Gasteiger partial charge in [0.25, 0.3) is 0 Å². The van der Waals surface area contributed by atoms with Crippen molar-refractivity contribution in [3.63, 3.8) is 0 Å². The fourth-order valence-electron chi connectivity index (χ4n) is 0.125. The molecule has 0 bridgehead atoms. The van der Waals surface area contributed by atoms with Gasteiger partial charge in [-0.25, -0.2) is 4.79 Å². The molecule has 0 rings (SSSR count). The number of rotatable bonds is 1. The Kier molecular flexibility index (Phi) is 3.83. The van der Waals surface area contributed by atoms with Gasteiger partial charge in [0, 0.05) is 11.9 Å². The number of hydrogen-bond acceptors (Lipinski definition) is 4. The van der Waals surface area contributed by atoms with Crippen LogP contribution in [0.5, 0.6) is 0 Å². The van der Waals surface area contributed by atoms with Crippen molar-refractivity contribution in [2.75, 3.05) is 14.2 Å². The highest BCUT2D eigenvalue weighted by molar-refractivity contribution is 8.11. The molecule has 0 atom stereocenters. The third-order valence-corrected chi connectivity index (χ3v) is 0.890. The zero-order valence-corrected chi connectivity index (χ0v) is 5.04. The van der Waals surface area contributed by atoms with Gasteiger partial charge in [-0.1, -0.05) is 0 Å². The van der Waals surface area contributed by atoms with Crippen LogP contribution in [0.4, 0.5) is 4.79 Å². The molecule has 0 unspecified atom stereocenters. The molecule has 0 aliphatic rings. The first-order chi connectivity index (χ1) is 3.31. The Labute approximate surface area is 46.6 Å². The zero-order valence-electron chi connectivity index (χ0n) is 4.22. The summed E-state index contributed by atoms with van der Waals surface area (Å²) >= 11 is 0.920. The largest absolute Gasteiger partial charge is 0.460 e. The zero-order chi connectivity index (χ0) is 5.70. The van der Waals surface area contributed by atoms with Gasteiger partial charge in [-0.05, 0) is 7.05 Å². The average Bonchev–Trinajstić information content (AvgIpc) is 1.68. The molecule has 0 saturated heterocycles. The lowest BCUT2D eigenvalue weighted by Crippen LogP contribution is -2.00. The molecule has 0 fully saturated rings. The van der Waals surface area contributed by atoms with Crippen LogP contribution in [0.1, 0.15) is 0 Å². The molecule has 0 saturated carbocycles. The number of hydrogen-bond donors (Lipinski definition) is 1. The van der Waals surface area contributed by atoms with Crippen LogP contribution >= 0.6 is 11.9 Å². The van der Waals surface area contributed by atoms with Gasteiger partial charge >= 0.3 is 5.30 Å². The Balaban J connectivity index is 3.00. The first-order valence-electron chi connectivity index (χ1n) is 1.72. The summed E-state index contributed by atoms with van der Waals surface area (Å²) < 4.78 is 6.81. The fraction of sp³-hybridized carbons (Fsp3) is 0.667. The number of methoxy groups -OCH3 is 1. The molecular weight excluding hydrogens is 114 g/mol. The second kappa shape index (κ2) is 3.95. The summed E-state index contributed by atoms with van der Waals surface area (Å²) in [4.78, 5) is 10.1. The highest BCUT2D eigenvalue weighted by Gasteiger charge is 1.93. The van der Waals surface area contributed by atoms with Gasteiger partial charge in [-0.15, -0.1) is 0 Å². The third kappa shape index (κ3) is 3.61. The average molecular weight is 121 g/mol. The molecule has 0 aromatic carbocycles. The summed E-state index contributed by atoms with van der Waals surface area (Å²) in [6.45, 7) is 0. The maximum Gasteiger partial charge on any atom is 0.382 e. The van der Waals surface area contributed by atoms with Crippen molar-refractivity contribution < 1.29 is 9.53 Å². The summed E-state index contributed by atoms with van der Waals surface area (Å²) in [5.74, 6) is 0. The molecule has 4 heteroatoms. The molecule has 0 amide bonds. The molecule has 0 aliphatic heterocycles. The second-order valence-electron chi connectivity index (χ2n) is 0.760. The Hall–Kier alpha value is -0.220. The normalized spacial score (nSPS) is 8.29. The highest BCUT2D eigenvalue weighted by atomic mass is 32.2. The molecule has 0 aliphatic carbocycles. The lowest BCUT2D eigenvalue weighted by Gasteiger charge is -1.91. The first kappa shape index (κ1) is 6.78. The Morgan fingerprint density at radius 1 is 1.86 bits per heavy atom. The molecule has 0 radical (unpaired) electrons. The predicted molar refractivity (Wildman–Crippen MR) is 29.1 cm³/mol. The van der Waals surface area contributed by atoms with Gasteiger partial charge < -0.3 is 4.74 Å².